The maximum atomic E-state index is 9.64. The first kappa shape index (κ1) is 9.81. The minimum Gasteiger partial charge on any atom is -0.508 e. The molecule has 1 saturated heterocycles. The molecule has 1 aromatic carbocycles. The summed E-state index contributed by atoms with van der Waals surface area (Å²) in [6.07, 6.45) is 3.32. The number of halogens is 1. The molecule has 2 rings (SSSR count). The third kappa shape index (κ3) is 2.20. The highest BCUT2D eigenvalue weighted by Crippen LogP contribution is 2.24. The molecule has 14 heavy (non-hydrogen) atoms. The Bertz CT molecular complexity index is 321. The van der Waals surface area contributed by atoms with Crippen LogP contribution in [-0.4, -0.2) is 17.7 Å². The van der Waals surface area contributed by atoms with E-state index in [9.17, 15) is 5.11 Å². The summed E-state index contributed by atoms with van der Waals surface area (Å²) in [4.78, 5) is 0. The molecule has 1 aliphatic heterocycles. The second-order valence-electron chi connectivity index (χ2n) is 3.77. The predicted octanol–water partition coefficient (Wildman–Crippen LogP) is 2.34. The first-order valence-corrected chi connectivity index (χ1v) is 5.34. The summed E-state index contributed by atoms with van der Waals surface area (Å²) >= 11 is 5.76. The van der Waals surface area contributed by atoms with Gasteiger partial charge in [0.2, 0.25) is 0 Å². The van der Waals surface area contributed by atoms with Crippen molar-refractivity contribution in [3.05, 3.63) is 28.8 Å². The quantitative estimate of drug-likeness (QED) is 0.787. The van der Waals surface area contributed by atoms with Crippen LogP contribution in [0, 0.1) is 0 Å². The predicted molar refractivity (Wildman–Crippen MR) is 57.8 cm³/mol. The molecular formula is C11H14ClNO. The van der Waals surface area contributed by atoms with Crippen LogP contribution in [0.15, 0.2) is 18.2 Å². The van der Waals surface area contributed by atoms with Gasteiger partial charge in [0.05, 0.1) is 0 Å². The van der Waals surface area contributed by atoms with Gasteiger partial charge in [0.1, 0.15) is 5.75 Å². The minimum atomic E-state index is 0.311. The van der Waals surface area contributed by atoms with Gasteiger partial charge in [0, 0.05) is 11.1 Å². The van der Waals surface area contributed by atoms with Crippen LogP contribution < -0.4 is 5.32 Å². The van der Waals surface area contributed by atoms with Crippen LogP contribution in [0.2, 0.25) is 5.02 Å². The molecule has 1 aliphatic rings. The van der Waals surface area contributed by atoms with Crippen molar-refractivity contribution in [3.63, 3.8) is 0 Å². The van der Waals surface area contributed by atoms with E-state index < -0.39 is 0 Å². The number of phenols is 1. The Morgan fingerprint density at radius 2 is 2.36 bits per heavy atom. The largest absolute Gasteiger partial charge is 0.508 e. The van der Waals surface area contributed by atoms with Gasteiger partial charge in [0.25, 0.3) is 0 Å². The summed E-state index contributed by atoms with van der Waals surface area (Å²) in [6.45, 7) is 1.10. The first-order valence-electron chi connectivity index (χ1n) is 4.96. The Kier molecular flexibility index (Phi) is 2.94. The van der Waals surface area contributed by atoms with E-state index in [1.54, 1.807) is 6.07 Å². The molecule has 0 aliphatic carbocycles. The highest BCUT2D eigenvalue weighted by molar-refractivity contribution is 6.30. The molecule has 2 N–H and O–H groups in total. The molecule has 0 spiro atoms. The van der Waals surface area contributed by atoms with Crippen molar-refractivity contribution < 1.29 is 5.11 Å². The molecule has 1 atom stereocenters. The lowest BCUT2D eigenvalue weighted by molar-refractivity contribution is 0.462. The summed E-state index contributed by atoms with van der Waals surface area (Å²) < 4.78 is 0. The van der Waals surface area contributed by atoms with E-state index in [-0.39, 0.29) is 0 Å². The van der Waals surface area contributed by atoms with Crippen LogP contribution in [-0.2, 0) is 6.42 Å². The highest BCUT2D eigenvalue weighted by atomic mass is 35.5. The van der Waals surface area contributed by atoms with Gasteiger partial charge < -0.3 is 10.4 Å². The molecule has 1 unspecified atom stereocenters. The van der Waals surface area contributed by atoms with E-state index in [0.29, 0.717) is 16.8 Å². The number of hydrogen-bond acceptors (Lipinski definition) is 2. The van der Waals surface area contributed by atoms with Gasteiger partial charge in [-0.1, -0.05) is 17.7 Å². The van der Waals surface area contributed by atoms with Crippen molar-refractivity contribution in [3.8, 4) is 5.75 Å². The van der Waals surface area contributed by atoms with Crippen LogP contribution in [0.5, 0.6) is 5.75 Å². The summed E-state index contributed by atoms with van der Waals surface area (Å²) in [6, 6.07) is 5.84. The topological polar surface area (TPSA) is 32.3 Å². The number of benzene rings is 1. The SMILES string of the molecule is Oc1cc(Cl)ccc1CC1CCCN1. The zero-order chi connectivity index (χ0) is 9.97. The second-order valence-corrected chi connectivity index (χ2v) is 4.21. The van der Waals surface area contributed by atoms with Crippen LogP contribution in [0.3, 0.4) is 0 Å². The Balaban J connectivity index is 2.08. The van der Waals surface area contributed by atoms with E-state index in [0.717, 1.165) is 18.5 Å². The third-order valence-electron chi connectivity index (χ3n) is 2.68. The van der Waals surface area contributed by atoms with Gasteiger partial charge in [-0.25, -0.2) is 0 Å². The third-order valence-corrected chi connectivity index (χ3v) is 2.91. The van der Waals surface area contributed by atoms with Gasteiger partial charge >= 0.3 is 0 Å². The van der Waals surface area contributed by atoms with E-state index in [4.69, 9.17) is 11.6 Å². The Morgan fingerprint density at radius 1 is 1.50 bits per heavy atom. The number of hydrogen-bond donors (Lipinski definition) is 2. The smallest absolute Gasteiger partial charge is 0.120 e. The van der Waals surface area contributed by atoms with Gasteiger partial charge in [-0.15, -0.1) is 0 Å². The Hall–Kier alpha value is -0.730. The Morgan fingerprint density at radius 3 is 3.00 bits per heavy atom. The zero-order valence-corrected chi connectivity index (χ0v) is 8.72. The van der Waals surface area contributed by atoms with Crippen molar-refractivity contribution >= 4 is 11.6 Å². The maximum absolute atomic E-state index is 9.64. The summed E-state index contributed by atoms with van der Waals surface area (Å²) in [5, 5.41) is 13.6. The van der Waals surface area contributed by atoms with Crippen molar-refractivity contribution in [2.24, 2.45) is 0 Å². The lowest BCUT2D eigenvalue weighted by Gasteiger charge is -2.11. The molecule has 1 fully saturated rings. The van der Waals surface area contributed by atoms with E-state index in [1.165, 1.54) is 12.8 Å². The van der Waals surface area contributed by atoms with Crippen LogP contribution >= 0.6 is 11.6 Å². The number of rotatable bonds is 2. The van der Waals surface area contributed by atoms with Gasteiger partial charge in [-0.05, 0) is 43.5 Å². The van der Waals surface area contributed by atoms with Crippen LogP contribution in [0.1, 0.15) is 18.4 Å². The average Bonchev–Trinajstić information content (AvgIpc) is 2.62. The molecule has 76 valence electrons. The van der Waals surface area contributed by atoms with E-state index in [2.05, 4.69) is 5.32 Å². The van der Waals surface area contributed by atoms with E-state index in [1.807, 2.05) is 12.1 Å². The summed E-state index contributed by atoms with van der Waals surface area (Å²) in [7, 11) is 0. The monoisotopic (exact) mass is 211 g/mol. The molecule has 1 aromatic rings. The zero-order valence-electron chi connectivity index (χ0n) is 7.96. The van der Waals surface area contributed by atoms with Gasteiger partial charge in [-0.2, -0.15) is 0 Å². The van der Waals surface area contributed by atoms with Crippen LogP contribution in [0.25, 0.3) is 0 Å². The number of nitrogens with one attached hydrogen (secondary N) is 1. The molecule has 0 radical (unpaired) electrons. The molecule has 2 nitrogen and oxygen atoms in total. The van der Waals surface area contributed by atoms with Crippen molar-refractivity contribution in [2.75, 3.05) is 6.54 Å². The number of phenolic OH excluding ortho intramolecular Hbond substituents is 1. The van der Waals surface area contributed by atoms with Crippen molar-refractivity contribution in [2.45, 2.75) is 25.3 Å². The summed E-state index contributed by atoms with van der Waals surface area (Å²) in [5.74, 6) is 0.311. The van der Waals surface area contributed by atoms with Crippen molar-refractivity contribution in [1.29, 1.82) is 0 Å². The van der Waals surface area contributed by atoms with Crippen molar-refractivity contribution in [1.82, 2.24) is 5.32 Å². The molecule has 1 heterocycles. The fourth-order valence-corrected chi connectivity index (χ4v) is 2.07. The molecule has 0 aromatic heterocycles. The maximum Gasteiger partial charge on any atom is 0.120 e. The minimum absolute atomic E-state index is 0.311. The normalized spacial score (nSPS) is 21.4. The molecule has 0 amide bonds. The molecule has 0 bridgehead atoms. The van der Waals surface area contributed by atoms with Crippen LogP contribution in [0.4, 0.5) is 0 Å². The average molecular weight is 212 g/mol. The fraction of sp³-hybridized carbons (Fsp3) is 0.455. The first-order chi connectivity index (χ1) is 6.75. The second kappa shape index (κ2) is 4.20. The Labute approximate surface area is 88.9 Å². The standard InChI is InChI=1S/C11H14ClNO/c12-9-4-3-8(11(14)7-9)6-10-2-1-5-13-10/h3-4,7,10,13-14H,1-2,5-6H2. The number of aromatic hydroxyl groups is 1. The lowest BCUT2D eigenvalue weighted by Crippen LogP contribution is -2.23. The molecular weight excluding hydrogens is 198 g/mol. The van der Waals surface area contributed by atoms with E-state index >= 15 is 0 Å². The molecule has 0 saturated carbocycles. The van der Waals surface area contributed by atoms with Gasteiger partial charge in [-0.3, -0.25) is 0 Å². The summed E-state index contributed by atoms with van der Waals surface area (Å²) in [5.41, 5.74) is 0.980. The highest BCUT2D eigenvalue weighted by Gasteiger charge is 2.15. The van der Waals surface area contributed by atoms with Gasteiger partial charge in [0.15, 0.2) is 0 Å². The lowest BCUT2D eigenvalue weighted by atomic mass is 10.0. The molecule has 3 heteroatoms. The fourth-order valence-electron chi connectivity index (χ4n) is 1.91.